The Kier molecular flexibility index (Phi) is 16.2. The zero-order chi connectivity index (χ0) is 48.5. The number of carbonyl (C=O) groups excluding carboxylic acids is 4. The summed E-state index contributed by atoms with van der Waals surface area (Å²) in [6.45, 7) is 23.9. The Morgan fingerprint density at radius 3 is 2.34 bits per heavy atom. The third-order valence-electron chi connectivity index (χ3n) is 11.7. The lowest BCUT2D eigenvalue weighted by atomic mass is 9.85. The smallest absolute Gasteiger partial charge is 0.259 e. The number of ether oxygens (including phenoxy) is 2. The van der Waals surface area contributed by atoms with Crippen LogP contribution in [-0.2, 0) is 30.5 Å². The minimum Gasteiger partial charge on any atom is -0.481 e. The topological polar surface area (TPSA) is 138 Å². The molecule has 3 aromatic carbocycles. The normalized spacial score (nSPS) is 16.9. The minimum absolute atomic E-state index is 0.108. The van der Waals surface area contributed by atoms with Crippen molar-refractivity contribution in [2.24, 2.45) is 11.3 Å². The predicted molar refractivity (Wildman–Crippen MR) is 266 cm³/mol. The van der Waals surface area contributed by atoms with E-state index >= 15 is 0 Å². The van der Waals surface area contributed by atoms with Crippen LogP contribution < -0.4 is 25.2 Å². The summed E-state index contributed by atoms with van der Waals surface area (Å²) in [6, 6.07) is 19.1. The second-order valence-corrected chi connectivity index (χ2v) is 19.6. The van der Waals surface area contributed by atoms with Crippen molar-refractivity contribution in [3.8, 4) is 39.9 Å². The first-order valence-electron chi connectivity index (χ1n) is 22.2. The Bertz CT molecular complexity index is 2660. The molecule has 2 aliphatic rings. The first kappa shape index (κ1) is 49.9. The van der Waals surface area contributed by atoms with E-state index in [1.807, 2.05) is 102 Å². The first-order chi connectivity index (χ1) is 31.9. The van der Waals surface area contributed by atoms with Crippen molar-refractivity contribution >= 4 is 69.4 Å². The quantitative estimate of drug-likeness (QED) is 0.0524. The summed E-state index contributed by atoms with van der Waals surface area (Å²) in [5.74, 6) is 11.0. The maximum absolute atomic E-state index is 14.1. The third-order valence-corrected chi connectivity index (χ3v) is 13.0. The van der Waals surface area contributed by atoms with Crippen molar-refractivity contribution in [1.82, 2.24) is 20.5 Å². The average Bonchev–Trinajstić information content (AvgIpc) is 3.96. The van der Waals surface area contributed by atoms with Gasteiger partial charge in [0.2, 0.25) is 17.7 Å². The molecule has 15 heteroatoms. The van der Waals surface area contributed by atoms with Gasteiger partial charge in [-0.3, -0.25) is 24.1 Å². The largest absolute Gasteiger partial charge is 0.481 e. The van der Waals surface area contributed by atoms with Gasteiger partial charge in [0.05, 0.1) is 22.7 Å². The molecule has 4 aromatic rings. The highest BCUT2D eigenvalue weighted by Crippen LogP contribution is 2.38. The van der Waals surface area contributed by atoms with Crippen molar-refractivity contribution in [1.29, 1.82) is 0 Å². The van der Waals surface area contributed by atoms with Crippen molar-refractivity contribution < 1.29 is 28.7 Å². The van der Waals surface area contributed by atoms with Gasteiger partial charge >= 0.3 is 0 Å². The number of thiazole rings is 1. The van der Waals surface area contributed by atoms with Gasteiger partial charge in [0.25, 0.3) is 5.91 Å². The van der Waals surface area contributed by atoms with Crippen molar-refractivity contribution in [2.75, 3.05) is 36.2 Å². The van der Waals surface area contributed by atoms with Crippen LogP contribution in [0.15, 0.2) is 72.2 Å². The summed E-state index contributed by atoms with van der Waals surface area (Å²) >= 11 is 7.39. The van der Waals surface area contributed by atoms with Crippen LogP contribution in [-0.4, -0.2) is 82.6 Å². The van der Waals surface area contributed by atoms with E-state index in [2.05, 4.69) is 44.1 Å². The van der Waals surface area contributed by atoms with Crippen LogP contribution in [0.3, 0.4) is 0 Å². The number of anilines is 2. The minimum atomic E-state index is -0.940. The van der Waals surface area contributed by atoms with E-state index in [1.54, 1.807) is 46.6 Å². The fraction of sp³-hybridized carbons (Fsp3) is 0.404. The van der Waals surface area contributed by atoms with E-state index in [1.165, 1.54) is 4.90 Å². The molecule has 2 fully saturated rings. The van der Waals surface area contributed by atoms with E-state index in [-0.39, 0.29) is 49.2 Å². The van der Waals surface area contributed by atoms with E-state index < -0.39 is 23.0 Å². The van der Waals surface area contributed by atoms with Crippen LogP contribution in [0, 0.1) is 55.4 Å². The molecule has 2 N–H and O–H groups in total. The number of aryl methyl sites for hydroxylation is 2. The fourth-order valence-electron chi connectivity index (χ4n) is 8.04. The van der Waals surface area contributed by atoms with Crippen LogP contribution >= 0.6 is 23.6 Å². The number of likely N-dealkylation sites (tertiary alicyclic amines) is 1. The Morgan fingerprint density at radius 2 is 1.70 bits per heavy atom. The molecule has 4 amide bonds. The Labute approximate surface area is 403 Å². The summed E-state index contributed by atoms with van der Waals surface area (Å²) in [4.78, 5) is 68.2. The van der Waals surface area contributed by atoms with E-state index in [4.69, 9.17) is 28.3 Å². The van der Waals surface area contributed by atoms with Gasteiger partial charge in [0.1, 0.15) is 36.6 Å². The number of benzene rings is 3. The number of carbonyl (C=O) groups is 4. The average molecular weight is 940 g/mol. The summed E-state index contributed by atoms with van der Waals surface area (Å²) in [5, 5.41) is 6.34. The highest BCUT2D eigenvalue weighted by molar-refractivity contribution is 7.81. The number of nitrogens with zero attached hydrogens (tertiary/aromatic N) is 5. The van der Waals surface area contributed by atoms with Gasteiger partial charge in [-0.2, -0.15) is 0 Å². The number of rotatable bonds is 15. The van der Waals surface area contributed by atoms with Crippen LogP contribution in [0.1, 0.15) is 77.6 Å². The molecule has 6 rings (SSSR count). The van der Waals surface area contributed by atoms with Gasteiger partial charge in [0.15, 0.2) is 10.8 Å². The fourth-order valence-corrected chi connectivity index (χ4v) is 9.37. The molecule has 3 atom stereocenters. The van der Waals surface area contributed by atoms with Crippen LogP contribution in [0.4, 0.5) is 17.1 Å². The van der Waals surface area contributed by atoms with Crippen LogP contribution in [0.2, 0.25) is 0 Å². The highest BCUT2D eigenvalue weighted by Gasteiger charge is 2.50. The highest BCUT2D eigenvalue weighted by atomic mass is 32.1. The van der Waals surface area contributed by atoms with Gasteiger partial charge in [-0.25, -0.2) is 9.83 Å². The molecule has 0 unspecified atom stereocenters. The Balaban J connectivity index is 0.902. The number of aromatic nitrogens is 1. The van der Waals surface area contributed by atoms with Gasteiger partial charge in [0, 0.05) is 37.5 Å². The SMILES string of the molecule is [C-]#[N+]c1ccc(N2C(=O)C(C)(C)N(c3ccc(OCC#CC#CCOCCCC(=O)N[C@H](C(=O)N4C[C@H](C)C[C@H]4C(=O)NCc4ccc(-c5scnc5C)cc4)C(C)(C)C)cc3)C2=S)cc1C. The maximum atomic E-state index is 14.1. The van der Waals surface area contributed by atoms with E-state index in [9.17, 15) is 19.2 Å². The number of hydrogen-bond acceptors (Lipinski definition) is 9. The zero-order valence-corrected chi connectivity index (χ0v) is 41.0. The molecule has 0 bridgehead atoms. The molecule has 0 spiro atoms. The molecule has 3 heterocycles. The monoisotopic (exact) mass is 939 g/mol. The van der Waals surface area contributed by atoms with E-state index in [0.717, 1.165) is 32.9 Å². The number of thiocarbonyl (C=S) groups is 1. The van der Waals surface area contributed by atoms with Crippen LogP contribution in [0.25, 0.3) is 15.3 Å². The van der Waals surface area contributed by atoms with Gasteiger partial charge in [-0.05, 0) is 135 Å². The standard InChI is InChI=1S/C52H57N7O6S2/c1-34-29-43(47(61)54-31-37-16-18-38(19-17-37)45-36(3)55-33-67-45)57(32-34)48(62)46(51(4,5)6)56-44(60)15-14-27-64-26-12-10-11-13-28-65-41-23-20-39(21-24-41)59-50(66)58(49(63)52(59,7)8)40-22-25-42(53-9)35(2)30-40/h16-25,30,33-34,43,46H,14-15,26-29,31-32H2,1-8H3,(H,54,61)(H,56,60)/t34-,43+,46-/m1/s1. The first-order valence-corrected chi connectivity index (χ1v) is 23.5. The zero-order valence-electron chi connectivity index (χ0n) is 39.3. The molecular weight excluding hydrogens is 883 g/mol. The lowest BCUT2D eigenvalue weighted by Gasteiger charge is -2.35. The van der Waals surface area contributed by atoms with Gasteiger partial charge in [-0.1, -0.05) is 63.9 Å². The lowest BCUT2D eigenvalue weighted by Crippen LogP contribution is -2.57. The molecule has 0 radical (unpaired) electrons. The summed E-state index contributed by atoms with van der Waals surface area (Å²) in [5.41, 5.74) is 5.96. The van der Waals surface area contributed by atoms with Crippen molar-refractivity contribution in [2.45, 2.75) is 98.8 Å². The molecule has 348 valence electrons. The lowest BCUT2D eigenvalue weighted by molar-refractivity contribution is -0.144. The molecule has 1 aromatic heterocycles. The Hall–Kier alpha value is -6.57. The number of nitrogens with one attached hydrogen (secondary N) is 2. The van der Waals surface area contributed by atoms with Gasteiger partial charge < -0.3 is 29.9 Å². The number of amides is 4. The molecule has 2 saturated heterocycles. The van der Waals surface area contributed by atoms with Crippen LogP contribution in [0.5, 0.6) is 5.75 Å². The molecule has 13 nitrogen and oxygen atoms in total. The van der Waals surface area contributed by atoms with E-state index in [0.29, 0.717) is 54.8 Å². The molecule has 2 aliphatic heterocycles. The van der Waals surface area contributed by atoms with Gasteiger partial charge in [-0.15, -0.1) is 11.3 Å². The molecule has 0 aliphatic carbocycles. The number of hydrogen-bond donors (Lipinski definition) is 2. The van der Waals surface area contributed by atoms with Crippen molar-refractivity contribution in [3.05, 3.63) is 100 Å². The Morgan fingerprint density at radius 1 is 1.01 bits per heavy atom. The van der Waals surface area contributed by atoms with Crippen molar-refractivity contribution in [3.63, 3.8) is 0 Å². The summed E-state index contributed by atoms with van der Waals surface area (Å²) in [6.07, 6.45) is 1.14. The third kappa shape index (κ3) is 12.1. The molecule has 0 saturated carbocycles. The summed E-state index contributed by atoms with van der Waals surface area (Å²) < 4.78 is 11.4. The molecule has 67 heavy (non-hydrogen) atoms. The summed E-state index contributed by atoms with van der Waals surface area (Å²) in [7, 11) is 0. The molecular formula is C52H57N7O6S2. The second-order valence-electron chi connectivity index (χ2n) is 18.3. The maximum Gasteiger partial charge on any atom is 0.259 e. The second kappa shape index (κ2) is 21.8. The predicted octanol–water partition coefficient (Wildman–Crippen LogP) is 8.16.